The number of rotatable bonds is 4. The highest BCUT2D eigenvalue weighted by molar-refractivity contribution is 7.91. The molecule has 0 unspecified atom stereocenters. The van der Waals surface area contributed by atoms with Gasteiger partial charge >= 0.3 is 0 Å². The SMILES string of the molecule is N#Cc1ccc(CS(=O)(=O)Nc2cc(Cl)cc(Cl)c2)cc1. The largest absolute Gasteiger partial charge is 0.283 e. The molecule has 21 heavy (non-hydrogen) atoms. The van der Waals surface area contributed by atoms with Crippen LogP contribution in [0.2, 0.25) is 10.0 Å². The zero-order chi connectivity index (χ0) is 15.5. The van der Waals surface area contributed by atoms with Crippen LogP contribution >= 0.6 is 23.2 Å². The highest BCUT2D eigenvalue weighted by Crippen LogP contribution is 2.23. The van der Waals surface area contributed by atoms with Crippen molar-refractivity contribution in [2.75, 3.05) is 4.72 Å². The van der Waals surface area contributed by atoms with Gasteiger partial charge in [0.05, 0.1) is 23.1 Å². The van der Waals surface area contributed by atoms with Crippen molar-refractivity contribution in [2.24, 2.45) is 0 Å². The Balaban J connectivity index is 2.16. The lowest BCUT2D eigenvalue weighted by atomic mass is 10.2. The lowest BCUT2D eigenvalue weighted by Crippen LogP contribution is -2.15. The Hall–Kier alpha value is -1.74. The Labute approximate surface area is 133 Å². The Bertz CT molecular complexity index is 776. The smallest absolute Gasteiger partial charge is 0.236 e. The van der Waals surface area contributed by atoms with Gasteiger partial charge in [-0.25, -0.2) is 8.42 Å². The van der Waals surface area contributed by atoms with E-state index in [4.69, 9.17) is 28.5 Å². The van der Waals surface area contributed by atoms with Crippen molar-refractivity contribution in [3.05, 3.63) is 63.6 Å². The first-order valence-electron chi connectivity index (χ1n) is 5.83. The number of sulfonamides is 1. The van der Waals surface area contributed by atoms with Gasteiger partial charge in [0.1, 0.15) is 0 Å². The Kier molecular flexibility index (Phi) is 4.73. The molecule has 0 aliphatic heterocycles. The Morgan fingerprint density at radius 1 is 1.05 bits per heavy atom. The highest BCUT2D eigenvalue weighted by atomic mass is 35.5. The summed E-state index contributed by atoms with van der Waals surface area (Å²) in [5, 5.41) is 9.39. The van der Waals surface area contributed by atoms with Gasteiger partial charge in [-0.1, -0.05) is 35.3 Å². The van der Waals surface area contributed by atoms with Crippen LogP contribution in [0.4, 0.5) is 5.69 Å². The predicted molar refractivity (Wildman–Crippen MR) is 83.9 cm³/mol. The number of nitrogens with one attached hydrogen (secondary N) is 1. The number of nitriles is 1. The number of benzene rings is 2. The summed E-state index contributed by atoms with van der Waals surface area (Å²) in [6.45, 7) is 0. The van der Waals surface area contributed by atoms with Gasteiger partial charge in [0, 0.05) is 10.0 Å². The molecule has 0 heterocycles. The maximum Gasteiger partial charge on any atom is 0.236 e. The van der Waals surface area contributed by atoms with E-state index in [1.165, 1.54) is 18.2 Å². The van der Waals surface area contributed by atoms with Gasteiger partial charge in [-0.05, 0) is 35.9 Å². The summed E-state index contributed by atoms with van der Waals surface area (Å²) in [5.74, 6) is -0.206. The van der Waals surface area contributed by atoms with E-state index in [9.17, 15) is 8.42 Å². The third-order valence-electron chi connectivity index (χ3n) is 2.58. The minimum atomic E-state index is -3.59. The molecule has 0 bridgehead atoms. The fourth-order valence-corrected chi connectivity index (χ4v) is 3.43. The topological polar surface area (TPSA) is 70.0 Å². The second kappa shape index (κ2) is 6.35. The fourth-order valence-electron chi connectivity index (χ4n) is 1.72. The molecule has 7 heteroatoms. The summed E-state index contributed by atoms with van der Waals surface area (Å²) in [4.78, 5) is 0. The van der Waals surface area contributed by atoms with Gasteiger partial charge < -0.3 is 0 Å². The number of anilines is 1. The molecule has 2 aromatic carbocycles. The van der Waals surface area contributed by atoms with E-state index in [0.717, 1.165) is 0 Å². The van der Waals surface area contributed by atoms with E-state index >= 15 is 0 Å². The van der Waals surface area contributed by atoms with Crippen molar-refractivity contribution < 1.29 is 8.42 Å². The van der Waals surface area contributed by atoms with E-state index in [-0.39, 0.29) is 5.75 Å². The van der Waals surface area contributed by atoms with Gasteiger partial charge in [-0.15, -0.1) is 0 Å². The van der Waals surface area contributed by atoms with Crippen molar-refractivity contribution >= 4 is 38.9 Å². The van der Waals surface area contributed by atoms with E-state index in [1.54, 1.807) is 24.3 Å². The van der Waals surface area contributed by atoms with Crippen LogP contribution < -0.4 is 4.72 Å². The molecule has 0 saturated carbocycles. The summed E-state index contributed by atoms with van der Waals surface area (Å²) >= 11 is 11.6. The summed E-state index contributed by atoms with van der Waals surface area (Å²) in [6, 6.07) is 12.8. The van der Waals surface area contributed by atoms with Crippen molar-refractivity contribution in [3.8, 4) is 6.07 Å². The van der Waals surface area contributed by atoms with Crippen LogP contribution in [0, 0.1) is 11.3 Å². The van der Waals surface area contributed by atoms with Crippen LogP contribution in [0.15, 0.2) is 42.5 Å². The minimum Gasteiger partial charge on any atom is -0.283 e. The van der Waals surface area contributed by atoms with Gasteiger partial charge in [0.2, 0.25) is 10.0 Å². The third kappa shape index (κ3) is 4.64. The molecule has 4 nitrogen and oxygen atoms in total. The first kappa shape index (κ1) is 15.6. The van der Waals surface area contributed by atoms with E-state index in [0.29, 0.717) is 26.9 Å². The Morgan fingerprint density at radius 3 is 2.14 bits per heavy atom. The van der Waals surface area contributed by atoms with E-state index in [2.05, 4.69) is 4.72 Å². The maximum absolute atomic E-state index is 12.1. The molecule has 1 N–H and O–H groups in total. The molecule has 0 saturated heterocycles. The van der Waals surface area contributed by atoms with Gasteiger partial charge in [0.25, 0.3) is 0 Å². The second-order valence-electron chi connectivity index (χ2n) is 4.33. The number of hydrogen-bond donors (Lipinski definition) is 1. The second-order valence-corrected chi connectivity index (χ2v) is 6.92. The average molecular weight is 341 g/mol. The standard InChI is InChI=1S/C14H10Cl2N2O2S/c15-12-5-13(16)7-14(6-12)18-21(19,20)9-11-3-1-10(8-17)2-4-11/h1-7,18H,9H2. The van der Waals surface area contributed by atoms with Crippen LogP contribution in [0.1, 0.15) is 11.1 Å². The molecule has 108 valence electrons. The van der Waals surface area contributed by atoms with Crippen LogP contribution in [-0.2, 0) is 15.8 Å². The molecule has 0 aliphatic rings. The minimum absolute atomic E-state index is 0.206. The predicted octanol–water partition coefficient (Wildman–Crippen LogP) is 3.81. The van der Waals surface area contributed by atoms with Crippen molar-refractivity contribution in [2.45, 2.75) is 5.75 Å². The molecule has 2 aromatic rings. The van der Waals surface area contributed by atoms with Crippen LogP contribution in [0.5, 0.6) is 0 Å². The van der Waals surface area contributed by atoms with Gasteiger partial charge in [0.15, 0.2) is 0 Å². The molecule has 0 amide bonds. The third-order valence-corrected chi connectivity index (χ3v) is 4.27. The Morgan fingerprint density at radius 2 is 1.62 bits per heavy atom. The lowest BCUT2D eigenvalue weighted by molar-refractivity contribution is 0.600. The number of hydrogen-bond acceptors (Lipinski definition) is 3. The number of halogens is 2. The normalized spacial score (nSPS) is 10.9. The zero-order valence-electron chi connectivity index (χ0n) is 10.7. The molecule has 0 spiro atoms. The summed E-state index contributed by atoms with van der Waals surface area (Å²) in [7, 11) is -3.59. The number of nitrogens with zero attached hydrogens (tertiary/aromatic N) is 1. The molecule has 0 aliphatic carbocycles. The molecule has 0 fully saturated rings. The van der Waals surface area contributed by atoms with Crippen LogP contribution in [0.3, 0.4) is 0 Å². The lowest BCUT2D eigenvalue weighted by Gasteiger charge is -2.09. The van der Waals surface area contributed by atoms with Gasteiger partial charge in [-0.3, -0.25) is 4.72 Å². The van der Waals surface area contributed by atoms with E-state index in [1.807, 2.05) is 6.07 Å². The molecule has 0 aromatic heterocycles. The van der Waals surface area contributed by atoms with Crippen molar-refractivity contribution in [1.82, 2.24) is 0 Å². The maximum atomic E-state index is 12.1. The molecular formula is C14H10Cl2N2O2S. The summed E-state index contributed by atoms with van der Waals surface area (Å²) < 4.78 is 26.6. The highest BCUT2D eigenvalue weighted by Gasteiger charge is 2.12. The zero-order valence-corrected chi connectivity index (χ0v) is 13.0. The first-order valence-corrected chi connectivity index (χ1v) is 8.24. The van der Waals surface area contributed by atoms with Crippen LogP contribution in [-0.4, -0.2) is 8.42 Å². The van der Waals surface area contributed by atoms with Gasteiger partial charge in [-0.2, -0.15) is 5.26 Å². The van der Waals surface area contributed by atoms with Crippen LogP contribution in [0.25, 0.3) is 0 Å². The monoisotopic (exact) mass is 340 g/mol. The average Bonchev–Trinajstić information content (AvgIpc) is 2.37. The van der Waals surface area contributed by atoms with Crippen molar-refractivity contribution in [3.63, 3.8) is 0 Å². The molecular weight excluding hydrogens is 331 g/mol. The summed E-state index contributed by atoms with van der Waals surface area (Å²) in [5.41, 5.74) is 1.36. The molecule has 0 atom stereocenters. The van der Waals surface area contributed by atoms with E-state index < -0.39 is 10.0 Å². The van der Waals surface area contributed by atoms with Crippen molar-refractivity contribution in [1.29, 1.82) is 5.26 Å². The summed E-state index contributed by atoms with van der Waals surface area (Å²) in [6.07, 6.45) is 0. The first-order chi connectivity index (χ1) is 9.88. The fraction of sp³-hybridized carbons (Fsp3) is 0.0714. The molecule has 2 rings (SSSR count). The quantitative estimate of drug-likeness (QED) is 0.919. The molecule has 0 radical (unpaired) electrons.